The molecule has 0 spiro atoms. The Labute approximate surface area is 204 Å². The maximum Gasteiger partial charge on any atom is 0.407 e. The zero-order valence-electron chi connectivity index (χ0n) is 19.5. The molecule has 2 fully saturated rings. The van der Waals surface area contributed by atoms with Crippen LogP contribution in [0.15, 0.2) is 60.7 Å². The number of ether oxygens (including phenoxy) is 5. The van der Waals surface area contributed by atoms with Crippen LogP contribution in [0.2, 0.25) is 0 Å². The molecule has 9 heteroatoms. The van der Waals surface area contributed by atoms with Gasteiger partial charge in [-0.05, 0) is 24.8 Å². The number of amides is 1. The number of benzene rings is 2. The molecular formula is C26H33NO8. The van der Waals surface area contributed by atoms with E-state index in [1.807, 2.05) is 60.7 Å². The van der Waals surface area contributed by atoms with Gasteiger partial charge < -0.3 is 39.2 Å². The average Bonchev–Trinajstić information content (AvgIpc) is 2.90. The predicted octanol–water partition coefficient (Wildman–Crippen LogP) is 2.66. The van der Waals surface area contributed by atoms with E-state index in [-0.39, 0.29) is 13.2 Å². The highest BCUT2D eigenvalue weighted by Gasteiger charge is 2.49. The lowest BCUT2D eigenvalue weighted by Crippen LogP contribution is -2.62. The Morgan fingerprint density at radius 3 is 2.46 bits per heavy atom. The highest BCUT2D eigenvalue weighted by Crippen LogP contribution is 2.34. The van der Waals surface area contributed by atoms with Crippen molar-refractivity contribution in [2.45, 2.75) is 62.9 Å². The fourth-order valence-electron chi connectivity index (χ4n) is 4.06. The van der Waals surface area contributed by atoms with E-state index in [0.717, 1.165) is 24.0 Å². The fourth-order valence-corrected chi connectivity index (χ4v) is 4.06. The van der Waals surface area contributed by atoms with E-state index in [2.05, 4.69) is 5.32 Å². The number of hydrogen-bond donors (Lipinski definition) is 3. The van der Waals surface area contributed by atoms with Crippen molar-refractivity contribution in [3.8, 4) is 0 Å². The van der Waals surface area contributed by atoms with E-state index >= 15 is 0 Å². The third-order valence-corrected chi connectivity index (χ3v) is 5.99. The molecule has 0 bridgehead atoms. The van der Waals surface area contributed by atoms with Crippen LogP contribution >= 0.6 is 0 Å². The summed E-state index contributed by atoms with van der Waals surface area (Å²) in [5.41, 5.74) is 1.77. The van der Waals surface area contributed by atoms with Gasteiger partial charge in [-0.1, -0.05) is 60.7 Å². The lowest BCUT2D eigenvalue weighted by atomic mass is 9.98. The third kappa shape index (κ3) is 7.23. The molecule has 1 amide bonds. The van der Waals surface area contributed by atoms with Gasteiger partial charge in [0.2, 0.25) is 0 Å². The number of aliphatic hydroxyl groups is 2. The van der Waals surface area contributed by atoms with Crippen LogP contribution in [0.4, 0.5) is 4.79 Å². The Kier molecular flexibility index (Phi) is 9.47. The zero-order chi connectivity index (χ0) is 24.5. The van der Waals surface area contributed by atoms with Crippen LogP contribution in [-0.4, -0.2) is 66.8 Å². The second-order valence-electron chi connectivity index (χ2n) is 8.62. The highest BCUT2D eigenvalue weighted by molar-refractivity contribution is 5.67. The number of aliphatic hydroxyl groups excluding tert-OH is 2. The molecule has 2 aliphatic heterocycles. The predicted molar refractivity (Wildman–Crippen MR) is 125 cm³/mol. The maximum atomic E-state index is 11.7. The average molecular weight is 488 g/mol. The van der Waals surface area contributed by atoms with Crippen LogP contribution in [0.5, 0.6) is 0 Å². The quantitative estimate of drug-likeness (QED) is 0.438. The molecule has 9 nitrogen and oxygen atoms in total. The minimum Gasteiger partial charge on any atom is -0.445 e. The molecule has 0 aliphatic carbocycles. The van der Waals surface area contributed by atoms with E-state index in [4.69, 9.17) is 23.7 Å². The topological polar surface area (TPSA) is 116 Å². The monoisotopic (exact) mass is 487 g/mol. The van der Waals surface area contributed by atoms with E-state index in [0.29, 0.717) is 19.6 Å². The molecule has 0 saturated carbocycles. The molecule has 2 saturated heterocycles. The first kappa shape index (κ1) is 25.6. The number of rotatable bonds is 10. The first-order chi connectivity index (χ1) is 17.1. The molecule has 35 heavy (non-hydrogen) atoms. The molecule has 0 unspecified atom stereocenters. The summed E-state index contributed by atoms with van der Waals surface area (Å²) in [5.74, 6) is 0. The van der Waals surface area contributed by atoms with Gasteiger partial charge in [0.25, 0.3) is 0 Å². The van der Waals surface area contributed by atoms with Crippen molar-refractivity contribution >= 4 is 6.09 Å². The Bertz CT molecular complexity index is 897. The molecule has 2 aliphatic rings. The van der Waals surface area contributed by atoms with Crippen LogP contribution in [-0.2, 0) is 30.3 Å². The Balaban J connectivity index is 1.09. The van der Waals surface area contributed by atoms with Gasteiger partial charge in [0.1, 0.15) is 31.0 Å². The van der Waals surface area contributed by atoms with Gasteiger partial charge in [0.15, 0.2) is 12.6 Å². The zero-order valence-corrected chi connectivity index (χ0v) is 19.5. The fraction of sp³-hybridized carbons (Fsp3) is 0.500. The smallest absolute Gasteiger partial charge is 0.407 e. The Morgan fingerprint density at radius 1 is 0.943 bits per heavy atom. The standard InChI is InChI=1S/C26H33NO8/c28-21-22(29)25(34-20-17-32-24(35-23(20)21)19-12-6-2-7-13-19)31-15-9-3-8-14-27-26(30)33-16-18-10-4-1-5-11-18/h1-2,4-7,10-13,20-25,28-29H,3,8-9,14-17H2,(H,27,30)/t20-,21-,22-,23-,24-,25-/m1/s1. The second kappa shape index (κ2) is 13.0. The molecule has 190 valence electrons. The maximum absolute atomic E-state index is 11.7. The summed E-state index contributed by atoms with van der Waals surface area (Å²) >= 11 is 0. The van der Waals surface area contributed by atoms with Crippen molar-refractivity contribution < 1.29 is 38.7 Å². The van der Waals surface area contributed by atoms with Crippen LogP contribution in [0, 0.1) is 0 Å². The molecule has 2 aromatic rings. The van der Waals surface area contributed by atoms with Crippen molar-refractivity contribution in [2.75, 3.05) is 19.8 Å². The summed E-state index contributed by atoms with van der Waals surface area (Å²) in [6.07, 6.45) is -3.38. The second-order valence-corrected chi connectivity index (χ2v) is 8.62. The van der Waals surface area contributed by atoms with Crippen molar-refractivity contribution in [1.29, 1.82) is 0 Å². The largest absolute Gasteiger partial charge is 0.445 e. The van der Waals surface area contributed by atoms with E-state index in [1.165, 1.54) is 0 Å². The minimum absolute atomic E-state index is 0.222. The number of carbonyl (C=O) groups excluding carboxylic acids is 1. The number of fused-ring (bicyclic) bond motifs is 1. The van der Waals surface area contributed by atoms with Crippen molar-refractivity contribution in [2.24, 2.45) is 0 Å². The number of hydrogen-bond acceptors (Lipinski definition) is 8. The number of carbonyl (C=O) groups is 1. The number of alkyl carbamates (subject to hydrolysis) is 1. The molecule has 0 aromatic heterocycles. The first-order valence-electron chi connectivity index (χ1n) is 12.0. The van der Waals surface area contributed by atoms with Gasteiger partial charge >= 0.3 is 6.09 Å². The van der Waals surface area contributed by atoms with Gasteiger partial charge in [0, 0.05) is 18.7 Å². The van der Waals surface area contributed by atoms with E-state index < -0.39 is 43.1 Å². The Hall–Kier alpha value is -2.53. The lowest BCUT2D eigenvalue weighted by Gasteiger charge is -2.46. The lowest BCUT2D eigenvalue weighted by molar-refractivity contribution is -0.361. The minimum atomic E-state index is -1.23. The summed E-state index contributed by atoms with van der Waals surface area (Å²) in [6.45, 7) is 1.30. The van der Waals surface area contributed by atoms with Crippen LogP contribution < -0.4 is 5.32 Å². The van der Waals surface area contributed by atoms with Crippen molar-refractivity contribution in [3.63, 3.8) is 0 Å². The molecule has 2 aromatic carbocycles. The van der Waals surface area contributed by atoms with E-state index in [9.17, 15) is 15.0 Å². The summed E-state index contributed by atoms with van der Waals surface area (Å²) in [7, 11) is 0. The van der Waals surface area contributed by atoms with Gasteiger partial charge in [-0.3, -0.25) is 0 Å². The summed E-state index contributed by atoms with van der Waals surface area (Å²) in [6, 6.07) is 18.9. The van der Waals surface area contributed by atoms with Crippen LogP contribution in [0.3, 0.4) is 0 Å². The van der Waals surface area contributed by atoms with Gasteiger partial charge in [-0.15, -0.1) is 0 Å². The van der Waals surface area contributed by atoms with Crippen molar-refractivity contribution in [1.82, 2.24) is 5.32 Å². The van der Waals surface area contributed by atoms with Crippen LogP contribution in [0.25, 0.3) is 0 Å². The summed E-state index contributed by atoms with van der Waals surface area (Å²) in [5, 5.41) is 23.8. The summed E-state index contributed by atoms with van der Waals surface area (Å²) in [4.78, 5) is 11.7. The number of unbranched alkanes of at least 4 members (excludes halogenated alkanes) is 2. The van der Waals surface area contributed by atoms with Gasteiger partial charge in [-0.2, -0.15) is 0 Å². The van der Waals surface area contributed by atoms with Gasteiger partial charge in [-0.25, -0.2) is 4.79 Å². The first-order valence-corrected chi connectivity index (χ1v) is 12.0. The SMILES string of the molecule is O=C(NCCCCCO[C@@H]1O[C@@H]2CO[C@@H](c3ccccc3)O[C@H]2[C@H](O)[C@H]1O)OCc1ccccc1. The van der Waals surface area contributed by atoms with Gasteiger partial charge in [0.05, 0.1) is 6.61 Å². The molecule has 3 N–H and O–H groups in total. The number of nitrogens with one attached hydrogen (secondary N) is 1. The van der Waals surface area contributed by atoms with Crippen LogP contribution in [0.1, 0.15) is 36.7 Å². The summed E-state index contributed by atoms with van der Waals surface area (Å²) < 4.78 is 28.3. The molecule has 2 heterocycles. The molecule has 6 atom stereocenters. The highest BCUT2D eigenvalue weighted by atomic mass is 16.8. The normalized spacial score (nSPS) is 28.2. The molecule has 4 rings (SSSR count). The third-order valence-electron chi connectivity index (χ3n) is 5.99. The molecular weight excluding hydrogens is 454 g/mol. The Morgan fingerprint density at radius 2 is 1.69 bits per heavy atom. The van der Waals surface area contributed by atoms with Crippen molar-refractivity contribution in [3.05, 3.63) is 71.8 Å². The molecule has 0 radical (unpaired) electrons. The van der Waals surface area contributed by atoms with E-state index in [1.54, 1.807) is 0 Å².